The highest BCUT2D eigenvalue weighted by Crippen LogP contribution is 2.23. The number of hydrogen-bond acceptors (Lipinski definition) is 2. The third-order valence-electron chi connectivity index (χ3n) is 3.56. The van der Waals surface area contributed by atoms with Crippen LogP contribution in [0.4, 0.5) is 5.69 Å². The number of halogens is 2. The number of rotatable bonds is 4. The van der Waals surface area contributed by atoms with Gasteiger partial charge in [-0.05, 0) is 23.6 Å². The number of hydrogen-bond donors (Lipinski definition) is 0. The van der Waals surface area contributed by atoms with Gasteiger partial charge in [0, 0.05) is 48.8 Å². The zero-order valence-electron chi connectivity index (χ0n) is 11.7. The topological polar surface area (TPSA) is 6.48 Å². The van der Waals surface area contributed by atoms with Crippen molar-refractivity contribution in [3.05, 3.63) is 29.3 Å². The lowest BCUT2D eigenvalue weighted by Crippen LogP contribution is -2.49. The van der Waals surface area contributed by atoms with Gasteiger partial charge in [0.05, 0.1) is 0 Å². The second kappa shape index (κ2) is 6.47. The zero-order chi connectivity index (χ0) is 13.9. The van der Waals surface area contributed by atoms with E-state index in [1.54, 1.807) is 0 Å². The molecule has 106 valence electrons. The average molecular weight is 346 g/mol. The van der Waals surface area contributed by atoms with Crippen molar-refractivity contribution in [2.45, 2.75) is 13.8 Å². The summed E-state index contributed by atoms with van der Waals surface area (Å²) in [4.78, 5) is 4.98. The van der Waals surface area contributed by atoms with Gasteiger partial charge in [0.25, 0.3) is 0 Å². The Labute approximate surface area is 129 Å². The van der Waals surface area contributed by atoms with Crippen LogP contribution in [0.5, 0.6) is 0 Å². The Morgan fingerprint density at radius 1 is 1.21 bits per heavy atom. The lowest BCUT2D eigenvalue weighted by Gasteiger charge is -2.39. The first-order valence-electron chi connectivity index (χ1n) is 6.79. The van der Waals surface area contributed by atoms with E-state index in [9.17, 15) is 0 Å². The Balaban J connectivity index is 1.89. The lowest BCUT2D eigenvalue weighted by molar-refractivity contribution is 0.186. The number of alkyl halides is 1. The molecule has 0 amide bonds. The van der Waals surface area contributed by atoms with E-state index in [0.29, 0.717) is 5.41 Å². The minimum absolute atomic E-state index is 0.345. The van der Waals surface area contributed by atoms with Crippen LogP contribution in [0.1, 0.15) is 13.8 Å². The zero-order valence-corrected chi connectivity index (χ0v) is 14.0. The molecule has 1 saturated heterocycles. The van der Waals surface area contributed by atoms with Gasteiger partial charge in [-0.2, -0.15) is 0 Å². The molecule has 1 aliphatic rings. The number of piperazine rings is 1. The highest BCUT2D eigenvalue weighted by atomic mass is 79.9. The molecular formula is C15H22BrClN2. The van der Waals surface area contributed by atoms with Crippen LogP contribution in [-0.2, 0) is 0 Å². The maximum atomic E-state index is 6.06. The normalized spacial score (nSPS) is 17.8. The third-order valence-corrected chi connectivity index (χ3v) is 5.31. The number of anilines is 1. The Hall–Kier alpha value is -0.250. The molecule has 1 aromatic carbocycles. The highest BCUT2D eigenvalue weighted by molar-refractivity contribution is 9.09. The number of benzene rings is 1. The quantitative estimate of drug-likeness (QED) is 0.764. The highest BCUT2D eigenvalue weighted by Gasteiger charge is 2.24. The van der Waals surface area contributed by atoms with E-state index >= 15 is 0 Å². The summed E-state index contributed by atoms with van der Waals surface area (Å²) < 4.78 is 0. The Bertz CT molecular complexity index is 414. The first-order valence-corrected chi connectivity index (χ1v) is 8.29. The predicted octanol–water partition coefficient (Wildman–Crippen LogP) is 3.88. The molecule has 0 atom stereocenters. The van der Waals surface area contributed by atoms with Gasteiger partial charge in [0.2, 0.25) is 0 Å². The van der Waals surface area contributed by atoms with Crippen LogP contribution >= 0.6 is 27.5 Å². The van der Waals surface area contributed by atoms with Crippen LogP contribution in [0.3, 0.4) is 0 Å². The summed E-state index contributed by atoms with van der Waals surface area (Å²) in [6.07, 6.45) is 0. The van der Waals surface area contributed by atoms with Crippen molar-refractivity contribution in [2.75, 3.05) is 43.0 Å². The Morgan fingerprint density at radius 3 is 2.47 bits per heavy atom. The van der Waals surface area contributed by atoms with Crippen molar-refractivity contribution in [1.82, 2.24) is 4.90 Å². The monoisotopic (exact) mass is 344 g/mol. The van der Waals surface area contributed by atoms with Gasteiger partial charge in [0.1, 0.15) is 0 Å². The largest absolute Gasteiger partial charge is 0.369 e. The summed E-state index contributed by atoms with van der Waals surface area (Å²) in [6.45, 7) is 10.2. The minimum atomic E-state index is 0.345. The van der Waals surface area contributed by atoms with Gasteiger partial charge in [-0.15, -0.1) is 0 Å². The fourth-order valence-corrected chi connectivity index (χ4v) is 2.85. The van der Waals surface area contributed by atoms with E-state index in [1.165, 1.54) is 5.69 Å². The molecule has 0 radical (unpaired) electrons. The summed E-state index contributed by atoms with van der Waals surface area (Å²) in [7, 11) is 0. The first kappa shape index (κ1) is 15.1. The van der Waals surface area contributed by atoms with E-state index in [4.69, 9.17) is 11.6 Å². The summed E-state index contributed by atoms with van der Waals surface area (Å²) in [5.41, 5.74) is 1.59. The van der Waals surface area contributed by atoms with Crippen LogP contribution in [0.2, 0.25) is 5.02 Å². The smallest absolute Gasteiger partial charge is 0.0426 e. The van der Waals surface area contributed by atoms with Crippen LogP contribution in [0.25, 0.3) is 0 Å². The van der Waals surface area contributed by atoms with Crippen molar-refractivity contribution in [3.8, 4) is 0 Å². The SMILES string of the molecule is CC(C)(CBr)CN1CCN(c2cccc(Cl)c2)CC1. The van der Waals surface area contributed by atoms with Crippen LogP contribution < -0.4 is 4.90 Å². The molecule has 0 spiro atoms. The molecule has 1 aliphatic heterocycles. The molecule has 0 aromatic heterocycles. The fourth-order valence-electron chi connectivity index (χ4n) is 2.48. The second-order valence-corrected chi connectivity index (χ2v) is 7.04. The van der Waals surface area contributed by atoms with Crippen molar-refractivity contribution >= 4 is 33.2 Å². The molecule has 2 nitrogen and oxygen atoms in total. The molecule has 0 N–H and O–H groups in total. The standard InChI is InChI=1S/C15H22BrClN2/c1-15(2,11-16)12-18-6-8-19(9-7-18)14-5-3-4-13(17)10-14/h3-5,10H,6-9,11-12H2,1-2H3. The van der Waals surface area contributed by atoms with Crippen LogP contribution in [-0.4, -0.2) is 43.0 Å². The van der Waals surface area contributed by atoms with Crippen molar-refractivity contribution in [3.63, 3.8) is 0 Å². The summed E-state index contributed by atoms with van der Waals surface area (Å²) in [5, 5.41) is 1.87. The Kier molecular flexibility index (Phi) is 5.15. The molecule has 1 fully saturated rings. The minimum Gasteiger partial charge on any atom is -0.369 e. The maximum Gasteiger partial charge on any atom is 0.0426 e. The van der Waals surface area contributed by atoms with E-state index in [2.05, 4.69) is 51.7 Å². The van der Waals surface area contributed by atoms with E-state index in [0.717, 1.165) is 43.1 Å². The molecule has 4 heteroatoms. The van der Waals surface area contributed by atoms with Crippen molar-refractivity contribution in [1.29, 1.82) is 0 Å². The summed E-state index contributed by atoms with van der Waals surface area (Å²) in [5.74, 6) is 0. The fraction of sp³-hybridized carbons (Fsp3) is 0.600. The predicted molar refractivity (Wildman–Crippen MR) is 87.7 cm³/mol. The van der Waals surface area contributed by atoms with Crippen molar-refractivity contribution < 1.29 is 0 Å². The van der Waals surface area contributed by atoms with Gasteiger partial charge >= 0.3 is 0 Å². The molecular weight excluding hydrogens is 324 g/mol. The van der Waals surface area contributed by atoms with Crippen molar-refractivity contribution in [2.24, 2.45) is 5.41 Å². The first-order chi connectivity index (χ1) is 9.00. The average Bonchev–Trinajstić information content (AvgIpc) is 2.39. The lowest BCUT2D eigenvalue weighted by atomic mass is 9.95. The third kappa shape index (κ3) is 4.37. The molecule has 0 aliphatic carbocycles. The van der Waals surface area contributed by atoms with E-state index < -0.39 is 0 Å². The van der Waals surface area contributed by atoms with E-state index in [1.807, 2.05) is 12.1 Å². The van der Waals surface area contributed by atoms with Gasteiger partial charge in [-0.1, -0.05) is 47.4 Å². The maximum absolute atomic E-state index is 6.06. The van der Waals surface area contributed by atoms with Crippen LogP contribution in [0, 0.1) is 5.41 Å². The molecule has 0 unspecified atom stereocenters. The summed E-state index contributed by atoms with van der Waals surface area (Å²) >= 11 is 9.66. The molecule has 1 aromatic rings. The summed E-state index contributed by atoms with van der Waals surface area (Å²) in [6, 6.07) is 8.15. The van der Waals surface area contributed by atoms with Gasteiger partial charge in [0.15, 0.2) is 0 Å². The van der Waals surface area contributed by atoms with Crippen LogP contribution in [0.15, 0.2) is 24.3 Å². The molecule has 19 heavy (non-hydrogen) atoms. The van der Waals surface area contributed by atoms with E-state index in [-0.39, 0.29) is 0 Å². The molecule has 1 heterocycles. The molecule has 0 saturated carbocycles. The van der Waals surface area contributed by atoms with Gasteiger partial charge in [-0.25, -0.2) is 0 Å². The second-order valence-electron chi connectivity index (χ2n) is 6.04. The van der Waals surface area contributed by atoms with Gasteiger partial charge < -0.3 is 4.90 Å². The molecule has 0 bridgehead atoms. The molecule has 2 rings (SSSR count). The van der Waals surface area contributed by atoms with Gasteiger partial charge in [-0.3, -0.25) is 4.90 Å². The Morgan fingerprint density at radius 2 is 1.89 bits per heavy atom. The number of nitrogens with zero attached hydrogens (tertiary/aromatic N) is 2.